The van der Waals surface area contributed by atoms with Crippen LogP contribution >= 0.6 is 12.2 Å². The molecule has 8 heteroatoms. The van der Waals surface area contributed by atoms with Crippen LogP contribution in [0.5, 0.6) is 17.2 Å². The number of methoxy groups -OCH3 is 2. The van der Waals surface area contributed by atoms with Gasteiger partial charge in [0.15, 0.2) is 17.3 Å². The van der Waals surface area contributed by atoms with Crippen molar-refractivity contribution in [3.63, 3.8) is 0 Å². The fraction of sp³-hybridized carbons (Fsp3) is 0.471. The van der Waals surface area contributed by atoms with Gasteiger partial charge >= 0.3 is 0 Å². The van der Waals surface area contributed by atoms with Crippen molar-refractivity contribution in [3.8, 4) is 17.2 Å². The molecule has 134 valence electrons. The first-order chi connectivity index (χ1) is 12.1. The van der Waals surface area contributed by atoms with Crippen LogP contribution in [0.4, 0.5) is 0 Å². The summed E-state index contributed by atoms with van der Waals surface area (Å²) in [5, 5.41) is 21.7. The second kappa shape index (κ2) is 7.69. The second-order valence-corrected chi connectivity index (χ2v) is 6.44. The molecule has 1 aliphatic rings. The zero-order valence-electron chi connectivity index (χ0n) is 14.4. The van der Waals surface area contributed by atoms with Crippen LogP contribution in [-0.2, 0) is 0 Å². The van der Waals surface area contributed by atoms with Gasteiger partial charge in [-0.2, -0.15) is 14.9 Å². The molecule has 3 rings (SSSR count). The molecule has 1 aromatic carbocycles. The third-order valence-corrected chi connectivity index (χ3v) is 4.73. The summed E-state index contributed by atoms with van der Waals surface area (Å²) in [6, 6.07) is 3.37. The average Bonchev–Trinajstić information content (AvgIpc) is 3.02. The van der Waals surface area contributed by atoms with E-state index in [-0.39, 0.29) is 5.75 Å². The Bertz CT molecular complexity index is 797. The third kappa shape index (κ3) is 3.68. The number of aromatic amines is 1. The van der Waals surface area contributed by atoms with E-state index in [0.717, 1.165) is 24.2 Å². The number of hydrogen-bond donors (Lipinski definition) is 2. The fourth-order valence-corrected chi connectivity index (χ4v) is 3.34. The lowest BCUT2D eigenvalue weighted by Crippen LogP contribution is -2.10. The molecule has 0 spiro atoms. The van der Waals surface area contributed by atoms with Gasteiger partial charge < -0.3 is 14.6 Å². The summed E-state index contributed by atoms with van der Waals surface area (Å²) in [6.45, 7) is 0. The van der Waals surface area contributed by atoms with Crippen molar-refractivity contribution in [1.82, 2.24) is 14.9 Å². The Morgan fingerprint density at radius 3 is 2.48 bits per heavy atom. The molecular formula is C17H22N4O3S. The smallest absolute Gasteiger partial charge is 0.216 e. The first kappa shape index (κ1) is 17.5. The van der Waals surface area contributed by atoms with Crippen LogP contribution in [0.1, 0.15) is 49.4 Å². The standard InChI is InChI=1S/C17H22N4O3S/c1-23-13-8-11(9-14(24-2)15(13)22)10-18-21-16(19-20-17(21)25)12-6-4-3-5-7-12/h8-10,12,22H,3-7H2,1-2H3,(H,20,25)/b18-10-. The number of hydrogen-bond acceptors (Lipinski definition) is 6. The summed E-state index contributed by atoms with van der Waals surface area (Å²) in [6.07, 6.45) is 7.56. The first-order valence-electron chi connectivity index (χ1n) is 8.30. The maximum Gasteiger partial charge on any atom is 0.216 e. The van der Waals surface area contributed by atoms with Gasteiger partial charge in [-0.05, 0) is 37.2 Å². The summed E-state index contributed by atoms with van der Waals surface area (Å²) in [7, 11) is 2.98. The molecule has 0 atom stereocenters. The molecule has 25 heavy (non-hydrogen) atoms. The monoisotopic (exact) mass is 362 g/mol. The lowest BCUT2D eigenvalue weighted by Gasteiger charge is -2.19. The molecular weight excluding hydrogens is 340 g/mol. The fourth-order valence-electron chi connectivity index (χ4n) is 3.15. The molecule has 1 fully saturated rings. The van der Waals surface area contributed by atoms with Crippen LogP contribution in [0.3, 0.4) is 0 Å². The van der Waals surface area contributed by atoms with Gasteiger partial charge in [-0.15, -0.1) is 0 Å². The quantitative estimate of drug-likeness (QED) is 0.627. The van der Waals surface area contributed by atoms with E-state index in [2.05, 4.69) is 15.3 Å². The lowest BCUT2D eigenvalue weighted by molar-refractivity contribution is 0.340. The number of ether oxygens (including phenoxy) is 2. The number of phenols is 1. The van der Waals surface area contributed by atoms with Crippen molar-refractivity contribution in [1.29, 1.82) is 0 Å². The number of phenolic OH excluding ortho intramolecular Hbond substituents is 1. The van der Waals surface area contributed by atoms with E-state index < -0.39 is 0 Å². The molecule has 1 saturated carbocycles. The predicted octanol–water partition coefficient (Wildman–Crippen LogP) is 3.59. The van der Waals surface area contributed by atoms with Crippen molar-refractivity contribution in [2.24, 2.45) is 5.10 Å². The number of H-pyrrole nitrogens is 1. The van der Waals surface area contributed by atoms with Crippen LogP contribution in [0.25, 0.3) is 0 Å². The lowest BCUT2D eigenvalue weighted by atomic mass is 9.89. The predicted molar refractivity (Wildman–Crippen MR) is 97.4 cm³/mol. The number of benzene rings is 1. The highest BCUT2D eigenvalue weighted by Gasteiger charge is 2.21. The van der Waals surface area contributed by atoms with E-state index in [1.807, 2.05) is 0 Å². The van der Waals surface area contributed by atoms with Crippen molar-refractivity contribution < 1.29 is 14.6 Å². The molecule has 0 aliphatic heterocycles. The molecule has 0 amide bonds. The third-order valence-electron chi connectivity index (χ3n) is 4.47. The van der Waals surface area contributed by atoms with Gasteiger partial charge in [-0.3, -0.25) is 5.10 Å². The molecule has 1 aromatic heterocycles. The van der Waals surface area contributed by atoms with Crippen LogP contribution < -0.4 is 9.47 Å². The molecule has 2 N–H and O–H groups in total. The minimum absolute atomic E-state index is 0.0371. The Hall–Kier alpha value is -2.35. The molecule has 2 aromatic rings. The topological polar surface area (TPSA) is 84.7 Å². The zero-order chi connectivity index (χ0) is 17.8. The van der Waals surface area contributed by atoms with Crippen LogP contribution in [0.2, 0.25) is 0 Å². The van der Waals surface area contributed by atoms with Gasteiger partial charge in [0, 0.05) is 11.5 Å². The molecule has 0 bridgehead atoms. The Morgan fingerprint density at radius 2 is 1.88 bits per heavy atom. The summed E-state index contributed by atoms with van der Waals surface area (Å²) in [5.41, 5.74) is 0.726. The van der Waals surface area contributed by atoms with Crippen LogP contribution in [0, 0.1) is 4.77 Å². The Labute approximate surface area is 151 Å². The molecule has 1 heterocycles. The summed E-state index contributed by atoms with van der Waals surface area (Å²) < 4.78 is 12.5. The number of aromatic hydroxyl groups is 1. The maximum atomic E-state index is 9.99. The first-order valence-corrected chi connectivity index (χ1v) is 8.71. The SMILES string of the molecule is COc1cc(/C=N\n2c(C3CCCCC3)n[nH]c2=S)cc(OC)c1O. The summed E-state index contributed by atoms with van der Waals surface area (Å²) in [4.78, 5) is 0. The molecule has 1 aliphatic carbocycles. The van der Waals surface area contributed by atoms with Crippen molar-refractivity contribution in [2.45, 2.75) is 38.0 Å². The van der Waals surface area contributed by atoms with Crippen molar-refractivity contribution >= 4 is 18.4 Å². The van der Waals surface area contributed by atoms with E-state index in [1.54, 1.807) is 23.0 Å². The Kier molecular flexibility index (Phi) is 5.37. The molecule has 0 radical (unpaired) electrons. The number of nitrogens with one attached hydrogen (secondary N) is 1. The van der Waals surface area contributed by atoms with E-state index in [1.165, 1.54) is 33.5 Å². The Balaban J connectivity index is 1.92. The summed E-state index contributed by atoms with van der Waals surface area (Å²) in [5.74, 6) is 1.86. The van der Waals surface area contributed by atoms with Gasteiger partial charge in [0.05, 0.1) is 20.4 Å². The van der Waals surface area contributed by atoms with E-state index in [4.69, 9.17) is 21.7 Å². The largest absolute Gasteiger partial charge is 0.502 e. The zero-order valence-corrected chi connectivity index (χ0v) is 15.2. The number of aromatic nitrogens is 3. The Morgan fingerprint density at radius 1 is 1.24 bits per heavy atom. The minimum atomic E-state index is -0.0371. The van der Waals surface area contributed by atoms with Gasteiger partial charge in [0.2, 0.25) is 10.5 Å². The summed E-state index contributed by atoms with van der Waals surface area (Å²) >= 11 is 5.32. The normalized spacial score (nSPS) is 15.6. The minimum Gasteiger partial charge on any atom is -0.502 e. The highest BCUT2D eigenvalue weighted by Crippen LogP contribution is 2.36. The van der Waals surface area contributed by atoms with E-state index in [9.17, 15) is 5.11 Å². The molecule has 0 saturated heterocycles. The van der Waals surface area contributed by atoms with Crippen LogP contribution in [-0.4, -0.2) is 40.4 Å². The number of rotatable bonds is 5. The highest BCUT2D eigenvalue weighted by atomic mass is 32.1. The maximum absolute atomic E-state index is 9.99. The van der Waals surface area contributed by atoms with Gasteiger partial charge in [0.25, 0.3) is 0 Å². The van der Waals surface area contributed by atoms with E-state index >= 15 is 0 Å². The van der Waals surface area contributed by atoms with E-state index in [0.29, 0.717) is 22.2 Å². The average molecular weight is 362 g/mol. The molecule has 0 unspecified atom stereocenters. The van der Waals surface area contributed by atoms with Crippen molar-refractivity contribution in [3.05, 3.63) is 28.3 Å². The van der Waals surface area contributed by atoms with Gasteiger partial charge in [0.1, 0.15) is 0 Å². The van der Waals surface area contributed by atoms with Gasteiger partial charge in [-0.1, -0.05) is 19.3 Å². The second-order valence-electron chi connectivity index (χ2n) is 6.05. The van der Waals surface area contributed by atoms with Crippen molar-refractivity contribution in [2.75, 3.05) is 14.2 Å². The number of nitrogens with zero attached hydrogens (tertiary/aromatic N) is 3. The van der Waals surface area contributed by atoms with Crippen LogP contribution in [0.15, 0.2) is 17.2 Å². The highest BCUT2D eigenvalue weighted by molar-refractivity contribution is 7.71. The molecule has 7 nitrogen and oxygen atoms in total. The van der Waals surface area contributed by atoms with Gasteiger partial charge in [-0.25, -0.2) is 0 Å².